The molecule has 3 rings (SSSR count). The van der Waals surface area contributed by atoms with Gasteiger partial charge < -0.3 is 10.3 Å². The van der Waals surface area contributed by atoms with Crippen molar-refractivity contribution in [2.45, 2.75) is 45.6 Å². The maximum atomic E-state index is 12.4. The molecule has 142 valence electrons. The number of rotatable bonds is 5. The zero-order chi connectivity index (χ0) is 19.7. The lowest BCUT2D eigenvalue weighted by atomic mass is 10.1. The Morgan fingerprint density at radius 3 is 2.70 bits per heavy atom. The van der Waals surface area contributed by atoms with Crippen molar-refractivity contribution in [3.05, 3.63) is 55.9 Å². The first-order chi connectivity index (χ1) is 12.8. The summed E-state index contributed by atoms with van der Waals surface area (Å²) in [6, 6.07) is 5.88. The van der Waals surface area contributed by atoms with E-state index < -0.39 is 0 Å². The van der Waals surface area contributed by atoms with E-state index in [1.165, 1.54) is 28.7 Å². The zero-order valence-corrected chi connectivity index (χ0v) is 17.7. The largest absolute Gasteiger partial charge is 0.325 e. The molecule has 7 heteroatoms. The molecule has 2 N–H and O–H groups in total. The van der Waals surface area contributed by atoms with Crippen LogP contribution in [0.1, 0.15) is 34.3 Å². The number of H-pyrrole nitrogens is 1. The molecule has 2 heterocycles. The van der Waals surface area contributed by atoms with E-state index in [1.807, 2.05) is 52.8 Å². The van der Waals surface area contributed by atoms with Gasteiger partial charge >= 0.3 is 0 Å². The van der Waals surface area contributed by atoms with Gasteiger partial charge in [-0.1, -0.05) is 6.07 Å². The van der Waals surface area contributed by atoms with Crippen molar-refractivity contribution < 1.29 is 4.79 Å². The van der Waals surface area contributed by atoms with Crippen LogP contribution in [-0.4, -0.2) is 21.1 Å². The number of hydrogen-bond acceptors (Lipinski definition) is 5. The maximum absolute atomic E-state index is 12.4. The second-order valence-electron chi connectivity index (χ2n) is 6.72. The lowest BCUT2D eigenvalue weighted by Gasteiger charge is -2.13. The quantitative estimate of drug-likeness (QED) is 0.661. The molecule has 0 saturated carbocycles. The van der Waals surface area contributed by atoms with Gasteiger partial charge in [0.25, 0.3) is 5.56 Å². The Morgan fingerprint density at radius 1 is 1.26 bits per heavy atom. The van der Waals surface area contributed by atoms with Crippen molar-refractivity contribution in [3.63, 3.8) is 0 Å². The molecule has 1 aromatic carbocycles. The smallest absolute Gasteiger partial charge is 0.259 e. The number of aromatic nitrogens is 2. The van der Waals surface area contributed by atoms with Gasteiger partial charge in [0.2, 0.25) is 5.91 Å². The molecule has 0 unspecified atom stereocenters. The standard InChI is InChI=1S/C20H23N3O2S2/c1-10-6-7-15(8-11(10)2)21-18(24)14(5)26-9-16-22-19(25)17-12(3)13(4)27-20(17)23-16/h6-8,14H,9H2,1-5H3,(H,21,24)(H,22,23,25)/t14-/m0/s1. The van der Waals surface area contributed by atoms with Gasteiger partial charge in [0.15, 0.2) is 0 Å². The Bertz CT molecular complexity index is 1070. The number of hydrogen-bond donors (Lipinski definition) is 2. The predicted molar refractivity (Wildman–Crippen MR) is 115 cm³/mol. The summed E-state index contributed by atoms with van der Waals surface area (Å²) in [7, 11) is 0. The van der Waals surface area contributed by atoms with E-state index in [2.05, 4.69) is 15.3 Å². The zero-order valence-electron chi connectivity index (χ0n) is 16.1. The number of nitrogens with zero attached hydrogens (tertiary/aromatic N) is 1. The van der Waals surface area contributed by atoms with Crippen molar-refractivity contribution in [3.8, 4) is 0 Å². The Morgan fingerprint density at radius 2 is 2.00 bits per heavy atom. The Balaban J connectivity index is 1.67. The highest BCUT2D eigenvalue weighted by Crippen LogP contribution is 2.26. The number of nitrogens with one attached hydrogen (secondary N) is 2. The number of thioether (sulfide) groups is 1. The summed E-state index contributed by atoms with van der Waals surface area (Å²) in [6.07, 6.45) is 0. The summed E-state index contributed by atoms with van der Waals surface area (Å²) in [4.78, 5) is 34.1. The number of carbonyl (C=O) groups excluding carboxylic acids is 1. The number of aromatic amines is 1. The van der Waals surface area contributed by atoms with Crippen LogP contribution in [0.5, 0.6) is 0 Å². The molecule has 0 aliphatic rings. The first-order valence-corrected chi connectivity index (χ1v) is 10.6. The monoisotopic (exact) mass is 401 g/mol. The normalized spacial score (nSPS) is 12.3. The summed E-state index contributed by atoms with van der Waals surface area (Å²) in [5.41, 5.74) is 4.02. The number of anilines is 1. The Kier molecular flexibility index (Phi) is 5.72. The molecule has 0 fully saturated rings. The number of fused-ring (bicyclic) bond motifs is 1. The van der Waals surface area contributed by atoms with Gasteiger partial charge in [-0.2, -0.15) is 0 Å². The molecule has 0 spiro atoms. The predicted octanol–water partition coefficient (Wildman–Crippen LogP) is 4.48. The van der Waals surface area contributed by atoms with Gasteiger partial charge in [-0.25, -0.2) is 4.98 Å². The van der Waals surface area contributed by atoms with Crippen LogP contribution in [0.25, 0.3) is 10.2 Å². The first kappa shape index (κ1) is 19.6. The maximum Gasteiger partial charge on any atom is 0.259 e. The molecular formula is C20H23N3O2S2. The summed E-state index contributed by atoms with van der Waals surface area (Å²) in [5.74, 6) is 1.02. The number of benzene rings is 1. The highest BCUT2D eigenvalue weighted by Gasteiger charge is 2.16. The van der Waals surface area contributed by atoms with E-state index in [-0.39, 0.29) is 16.7 Å². The second kappa shape index (κ2) is 7.86. The number of thiophene rings is 1. The molecular weight excluding hydrogens is 378 g/mol. The van der Waals surface area contributed by atoms with E-state index in [4.69, 9.17) is 0 Å². The molecule has 0 aliphatic heterocycles. The summed E-state index contributed by atoms with van der Waals surface area (Å²) in [5, 5.41) is 3.36. The van der Waals surface area contributed by atoms with Crippen LogP contribution in [-0.2, 0) is 10.5 Å². The van der Waals surface area contributed by atoms with Gasteiger partial charge in [0.05, 0.1) is 16.4 Å². The molecule has 1 atom stereocenters. The van der Waals surface area contributed by atoms with Gasteiger partial charge in [0.1, 0.15) is 10.7 Å². The average molecular weight is 402 g/mol. The molecule has 2 aromatic heterocycles. The molecule has 0 aliphatic carbocycles. The van der Waals surface area contributed by atoms with Crippen molar-refractivity contribution in [1.82, 2.24) is 9.97 Å². The third kappa shape index (κ3) is 4.25. The van der Waals surface area contributed by atoms with E-state index in [1.54, 1.807) is 0 Å². The fraction of sp³-hybridized carbons (Fsp3) is 0.350. The highest BCUT2D eigenvalue weighted by atomic mass is 32.2. The molecule has 27 heavy (non-hydrogen) atoms. The van der Waals surface area contributed by atoms with Gasteiger partial charge in [0, 0.05) is 10.6 Å². The molecule has 0 bridgehead atoms. The lowest BCUT2D eigenvalue weighted by molar-refractivity contribution is -0.115. The second-order valence-corrected chi connectivity index (χ2v) is 9.25. The fourth-order valence-electron chi connectivity index (χ4n) is 2.71. The summed E-state index contributed by atoms with van der Waals surface area (Å²) >= 11 is 2.98. The molecule has 3 aromatic rings. The average Bonchev–Trinajstić information content (AvgIpc) is 2.90. The van der Waals surface area contributed by atoms with Crippen LogP contribution >= 0.6 is 23.1 Å². The minimum atomic E-state index is -0.264. The van der Waals surface area contributed by atoms with E-state index in [0.29, 0.717) is 17.0 Å². The Hall–Kier alpha value is -2.12. The molecule has 5 nitrogen and oxygen atoms in total. The number of amides is 1. The summed E-state index contributed by atoms with van der Waals surface area (Å²) in [6.45, 7) is 9.86. The van der Waals surface area contributed by atoms with Crippen LogP contribution < -0.4 is 10.9 Å². The third-order valence-corrected chi connectivity index (χ3v) is 6.96. The van der Waals surface area contributed by atoms with Crippen LogP contribution in [0.4, 0.5) is 5.69 Å². The summed E-state index contributed by atoms with van der Waals surface area (Å²) < 4.78 is 0. The van der Waals surface area contributed by atoms with Crippen molar-refractivity contribution in [2.24, 2.45) is 0 Å². The molecule has 1 amide bonds. The van der Waals surface area contributed by atoms with Crippen LogP contribution in [0.2, 0.25) is 0 Å². The van der Waals surface area contributed by atoms with E-state index in [9.17, 15) is 9.59 Å². The van der Waals surface area contributed by atoms with E-state index >= 15 is 0 Å². The van der Waals surface area contributed by atoms with Crippen LogP contribution in [0, 0.1) is 27.7 Å². The van der Waals surface area contributed by atoms with Crippen LogP contribution in [0.15, 0.2) is 23.0 Å². The van der Waals surface area contributed by atoms with Gasteiger partial charge in [-0.15, -0.1) is 23.1 Å². The van der Waals surface area contributed by atoms with Crippen molar-refractivity contribution in [2.75, 3.05) is 5.32 Å². The number of aryl methyl sites for hydroxylation is 4. The third-order valence-electron chi connectivity index (χ3n) is 4.70. The van der Waals surface area contributed by atoms with Crippen molar-refractivity contribution >= 4 is 44.9 Å². The fourth-order valence-corrected chi connectivity index (χ4v) is 4.51. The minimum absolute atomic E-state index is 0.0607. The van der Waals surface area contributed by atoms with Crippen LogP contribution in [0.3, 0.4) is 0 Å². The van der Waals surface area contributed by atoms with Crippen molar-refractivity contribution in [1.29, 1.82) is 0 Å². The lowest BCUT2D eigenvalue weighted by Crippen LogP contribution is -2.23. The minimum Gasteiger partial charge on any atom is -0.325 e. The molecule has 0 saturated heterocycles. The van der Waals surface area contributed by atoms with Gasteiger partial charge in [-0.3, -0.25) is 9.59 Å². The number of carbonyl (C=O) groups is 1. The highest BCUT2D eigenvalue weighted by molar-refractivity contribution is 7.99. The first-order valence-electron chi connectivity index (χ1n) is 8.75. The van der Waals surface area contributed by atoms with E-state index in [0.717, 1.165) is 26.5 Å². The van der Waals surface area contributed by atoms with Gasteiger partial charge in [-0.05, 0) is 63.4 Å². The molecule has 0 radical (unpaired) electrons. The SMILES string of the molecule is Cc1ccc(NC(=O)[C@H](C)SCc2nc3sc(C)c(C)c3c(=O)[nH]2)cc1C. The Labute approximate surface area is 166 Å². The topological polar surface area (TPSA) is 74.8 Å².